The monoisotopic (exact) mass is 488 g/mol. The summed E-state index contributed by atoms with van der Waals surface area (Å²) in [5.41, 5.74) is 11.4. The standard InChI is InChI=1S/C22H32N8O5/c1-14(23)25-10-6-9-16(27-22(34)35-13-15-7-4-3-5-8-15)11-18(31)30(2)17-12-26-21(28-19(17)32)29-20(24)33/h3-5,7-8,16-17H,6,9-13H2,1-2H3,(H2,23,25)(H,27,34)(H4,24,26,28,29,32,33)/t16-,17?/m0/s1. The van der Waals surface area contributed by atoms with Gasteiger partial charge in [-0.3, -0.25) is 25.2 Å². The number of hydrogen-bond donors (Lipinski definition) is 5. The number of nitrogens with one attached hydrogen (secondary N) is 3. The summed E-state index contributed by atoms with van der Waals surface area (Å²) in [7, 11) is 1.47. The van der Waals surface area contributed by atoms with E-state index in [4.69, 9.17) is 16.2 Å². The number of benzene rings is 1. The van der Waals surface area contributed by atoms with Crippen LogP contribution in [0.3, 0.4) is 0 Å². The van der Waals surface area contributed by atoms with E-state index in [1.807, 2.05) is 30.3 Å². The quantitative estimate of drug-likeness (QED) is 0.172. The topological polar surface area (TPSA) is 194 Å². The van der Waals surface area contributed by atoms with E-state index in [9.17, 15) is 19.2 Å². The maximum absolute atomic E-state index is 12.9. The average Bonchev–Trinajstić information content (AvgIpc) is 2.80. The Hall–Kier alpha value is -4.16. The number of carbonyl (C=O) groups is 4. The van der Waals surface area contributed by atoms with Crippen LogP contribution in [0, 0.1) is 0 Å². The SMILES string of the molecule is CC(N)=NCCC[C@@H](CC(=O)N(C)C1CN=C(NC(N)=O)NC1=O)NC(=O)OCc1ccccc1. The molecule has 0 saturated heterocycles. The lowest BCUT2D eigenvalue weighted by atomic mass is 10.1. The van der Waals surface area contributed by atoms with Gasteiger partial charge in [0.15, 0.2) is 0 Å². The molecule has 1 aliphatic heterocycles. The molecule has 190 valence electrons. The molecule has 0 aromatic heterocycles. The Morgan fingerprint density at radius 1 is 1.29 bits per heavy atom. The third kappa shape index (κ3) is 9.70. The van der Waals surface area contributed by atoms with Gasteiger partial charge in [0.2, 0.25) is 11.9 Å². The number of likely N-dealkylation sites (N-methyl/N-ethyl adjacent to an activating group) is 1. The molecule has 1 aromatic carbocycles. The summed E-state index contributed by atoms with van der Waals surface area (Å²) in [5.74, 6) is -0.518. The van der Waals surface area contributed by atoms with Crippen LogP contribution in [0.5, 0.6) is 0 Å². The molecule has 35 heavy (non-hydrogen) atoms. The fourth-order valence-corrected chi connectivity index (χ4v) is 3.26. The van der Waals surface area contributed by atoms with Gasteiger partial charge in [0.25, 0.3) is 5.91 Å². The second-order valence-corrected chi connectivity index (χ2v) is 7.96. The van der Waals surface area contributed by atoms with Gasteiger partial charge in [-0.25, -0.2) is 14.6 Å². The van der Waals surface area contributed by atoms with Gasteiger partial charge in [0, 0.05) is 26.1 Å². The number of nitrogens with zero attached hydrogens (tertiary/aromatic N) is 3. The van der Waals surface area contributed by atoms with Gasteiger partial charge >= 0.3 is 12.1 Å². The van der Waals surface area contributed by atoms with E-state index >= 15 is 0 Å². The van der Waals surface area contributed by atoms with E-state index in [1.165, 1.54) is 11.9 Å². The Balaban J connectivity index is 1.97. The van der Waals surface area contributed by atoms with Gasteiger partial charge in [-0.2, -0.15) is 0 Å². The van der Waals surface area contributed by atoms with Crippen LogP contribution in [0.1, 0.15) is 31.7 Å². The molecule has 5 amide bonds. The molecule has 2 rings (SSSR count). The van der Waals surface area contributed by atoms with Crippen LogP contribution in [-0.2, 0) is 20.9 Å². The molecule has 13 heteroatoms. The Morgan fingerprint density at radius 2 is 2.00 bits per heavy atom. The number of aliphatic imine (C=N–C) groups is 2. The second-order valence-electron chi connectivity index (χ2n) is 7.96. The van der Waals surface area contributed by atoms with Gasteiger partial charge in [-0.15, -0.1) is 0 Å². The smallest absolute Gasteiger partial charge is 0.407 e. The number of primary amides is 1. The minimum atomic E-state index is -0.879. The lowest BCUT2D eigenvalue weighted by molar-refractivity contribution is -0.138. The van der Waals surface area contributed by atoms with Crippen LogP contribution in [0.2, 0.25) is 0 Å². The Kier molecular flexibility index (Phi) is 10.5. The minimum Gasteiger partial charge on any atom is -0.445 e. The largest absolute Gasteiger partial charge is 0.445 e. The van der Waals surface area contributed by atoms with Crippen LogP contribution in [0.4, 0.5) is 9.59 Å². The van der Waals surface area contributed by atoms with Crippen molar-refractivity contribution in [1.82, 2.24) is 20.9 Å². The summed E-state index contributed by atoms with van der Waals surface area (Å²) < 4.78 is 5.27. The first-order valence-corrected chi connectivity index (χ1v) is 11.1. The molecule has 0 spiro atoms. The van der Waals surface area contributed by atoms with Crippen molar-refractivity contribution in [2.45, 2.75) is 44.9 Å². The number of amides is 5. The van der Waals surface area contributed by atoms with Gasteiger partial charge < -0.3 is 26.4 Å². The zero-order valence-electron chi connectivity index (χ0n) is 19.8. The van der Waals surface area contributed by atoms with E-state index < -0.39 is 30.1 Å². The third-order valence-electron chi connectivity index (χ3n) is 5.10. The van der Waals surface area contributed by atoms with Crippen molar-refractivity contribution < 1.29 is 23.9 Å². The molecule has 0 bridgehead atoms. The highest BCUT2D eigenvalue weighted by Crippen LogP contribution is 2.10. The summed E-state index contributed by atoms with van der Waals surface area (Å²) in [6, 6.07) is 6.91. The van der Waals surface area contributed by atoms with E-state index in [0.29, 0.717) is 25.2 Å². The summed E-state index contributed by atoms with van der Waals surface area (Å²) in [4.78, 5) is 58.0. The molecule has 7 N–H and O–H groups in total. The molecular weight excluding hydrogens is 456 g/mol. The van der Waals surface area contributed by atoms with Crippen LogP contribution in [0.15, 0.2) is 40.3 Å². The number of carbonyl (C=O) groups excluding carboxylic acids is 4. The fraction of sp³-hybridized carbons (Fsp3) is 0.455. The number of alkyl carbamates (subject to hydrolysis) is 1. The van der Waals surface area contributed by atoms with Crippen molar-refractivity contribution in [3.05, 3.63) is 35.9 Å². The van der Waals surface area contributed by atoms with Crippen LogP contribution >= 0.6 is 0 Å². The molecule has 1 aliphatic rings. The van der Waals surface area contributed by atoms with Crippen molar-refractivity contribution in [2.24, 2.45) is 21.5 Å². The lowest BCUT2D eigenvalue weighted by Crippen LogP contribution is -2.58. The van der Waals surface area contributed by atoms with Crippen molar-refractivity contribution in [3.8, 4) is 0 Å². The first kappa shape index (κ1) is 27.1. The summed E-state index contributed by atoms with van der Waals surface area (Å²) in [5, 5.41) is 7.31. The van der Waals surface area contributed by atoms with Crippen molar-refractivity contribution >= 4 is 35.7 Å². The highest BCUT2D eigenvalue weighted by Gasteiger charge is 2.32. The molecule has 0 fully saturated rings. The van der Waals surface area contributed by atoms with Gasteiger partial charge in [0.1, 0.15) is 12.6 Å². The molecule has 0 radical (unpaired) electrons. The fourth-order valence-electron chi connectivity index (χ4n) is 3.26. The number of rotatable bonds is 10. The predicted molar refractivity (Wildman–Crippen MR) is 129 cm³/mol. The number of amidine groups is 1. The normalized spacial score (nSPS) is 16.4. The predicted octanol–water partition coefficient (Wildman–Crippen LogP) is -0.190. The molecule has 0 aliphatic carbocycles. The van der Waals surface area contributed by atoms with Crippen LogP contribution < -0.4 is 27.4 Å². The van der Waals surface area contributed by atoms with Crippen molar-refractivity contribution in [3.63, 3.8) is 0 Å². The first-order valence-electron chi connectivity index (χ1n) is 11.1. The van der Waals surface area contributed by atoms with E-state index in [0.717, 1.165) is 5.56 Å². The first-order chi connectivity index (χ1) is 16.7. The molecule has 1 heterocycles. The van der Waals surface area contributed by atoms with Crippen LogP contribution in [0.25, 0.3) is 0 Å². The minimum absolute atomic E-state index is 0.0502. The van der Waals surface area contributed by atoms with Crippen LogP contribution in [-0.4, -0.2) is 72.9 Å². The van der Waals surface area contributed by atoms with Gasteiger partial charge in [-0.1, -0.05) is 30.3 Å². The maximum atomic E-state index is 12.9. The number of hydrogen-bond acceptors (Lipinski definition) is 7. The molecule has 1 aromatic rings. The van der Waals surface area contributed by atoms with Gasteiger partial charge in [-0.05, 0) is 25.3 Å². The van der Waals surface area contributed by atoms with Crippen molar-refractivity contribution in [1.29, 1.82) is 0 Å². The molecule has 2 atom stereocenters. The Bertz CT molecular complexity index is 962. The Morgan fingerprint density at radius 3 is 2.63 bits per heavy atom. The maximum Gasteiger partial charge on any atom is 0.407 e. The molecular formula is C22H32N8O5. The summed E-state index contributed by atoms with van der Waals surface area (Å²) >= 11 is 0. The molecule has 0 saturated carbocycles. The number of urea groups is 1. The number of ether oxygens (including phenoxy) is 1. The third-order valence-corrected chi connectivity index (χ3v) is 5.10. The van der Waals surface area contributed by atoms with E-state index in [2.05, 4.69) is 25.9 Å². The molecule has 13 nitrogen and oxygen atoms in total. The van der Waals surface area contributed by atoms with Crippen molar-refractivity contribution in [2.75, 3.05) is 20.1 Å². The van der Waals surface area contributed by atoms with E-state index in [1.54, 1.807) is 6.92 Å². The lowest BCUT2D eigenvalue weighted by Gasteiger charge is -2.30. The Labute approximate surface area is 203 Å². The number of nitrogens with two attached hydrogens (primary N) is 2. The zero-order valence-corrected chi connectivity index (χ0v) is 19.8. The summed E-state index contributed by atoms with van der Waals surface area (Å²) in [6.07, 6.45) is 0.293. The second kappa shape index (κ2) is 13.5. The number of guanidine groups is 1. The highest BCUT2D eigenvalue weighted by atomic mass is 16.5. The average molecular weight is 489 g/mol. The summed E-state index contributed by atoms with van der Waals surface area (Å²) in [6.45, 7) is 2.16. The molecule has 1 unspecified atom stereocenters. The highest BCUT2D eigenvalue weighted by molar-refractivity contribution is 6.07. The van der Waals surface area contributed by atoms with E-state index in [-0.39, 0.29) is 31.4 Å². The van der Waals surface area contributed by atoms with Gasteiger partial charge in [0.05, 0.1) is 12.4 Å². The zero-order chi connectivity index (χ0) is 25.8.